The van der Waals surface area contributed by atoms with E-state index < -0.39 is 0 Å². The highest BCUT2D eigenvalue weighted by molar-refractivity contribution is 7.71. The molecular formula is C13H15ClN2S. The van der Waals surface area contributed by atoms with Gasteiger partial charge in [0.15, 0.2) is 4.77 Å². The van der Waals surface area contributed by atoms with Crippen LogP contribution in [0.1, 0.15) is 20.3 Å². The van der Waals surface area contributed by atoms with Crippen LogP contribution in [0.3, 0.4) is 0 Å². The zero-order valence-electron chi connectivity index (χ0n) is 9.96. The van der Waals surface area contributed by atoms with Crippen molar-refractivity contribution in [1.82, 2.24) is 9.55 Å². The number of halogens is 1. The van der Waals surface area contributed by atoms with E-state index in [2.05, 4.69) is 23.4 Å². The SMILES string of the molecule is CC1(C)CC1Cn1c(=S)[nH]c2ccc(Cl)cc21. The van der Waals surface area contributed by atoms with Crippen LogP contribution in [0.15, 0.2) is 18.2 Å². The Labute approximate surface area is 111 Å². The quantitative estimate of drug-likeness (QED) is 0.799. The Hall–Kier alpha value is -0.800. The normalized spacial score (nSPS) is 21.9. The smallest absolute Gasteiger partial charge is 0.178 e. The summed E-state index contributed by atoms with van der Waals surface area (Å²) in [6.45, 7) is 5.61. The molecule has 0 saturated heterocycles. The summed E-state index contributed by atoms with van der Waals surface area (Å²) in [6.07, 6.45) is 1.28. The standard InChI is InChI=1S/C13H15ClN2S/c1-13(2)6-8(13)7-16-11-5-9(14)3-4-10(11)15-12(16)17/h3-5,8H,6-7H2,1-2H3,(H,15,17). The summed E-state index contributed by atoms with van der Waals surface area (Å²) in [7, 11) is 0. The third-order valence-corrected chi connectivity index (χ3v) is 4.42. The van der Waals surface area contributed by atoms with E-state index in [1.165, 1.54) is 6.42 Å². The zero-order chi connectivity index (χ0) is 12.2. The Morgan fingerprint density at radius 1 is 1.53 bits per heavy atom. The van der Waals surface area contributed by atoms with Gasteiger partial charge in [-0.15, -0.1) is 0 Å². The van der Waals surface area contributed by atoms with Gasteiger partial charge >= 0.3 is 0 Å². The second-order valence-electron chi connectivity index (χ2n) is 5.59. The first-order chi connectivity index (χ1) is 7.97. The molecule has 1 unspecified atom stereocenters. The number of H-pyrrole nitrogens is 1. The third-order valence-electron chi connectivity index (χ3n) is 3.86. The highest BCUT2D eigenvalue weighted by atomic mass is 35.5. The number of nitrogens with one attached hydrogen (secondary N) is 1. The summed E-state index contributed by atoms with van der Waals surface area (Å²) < 4.78 is 2.97. The van der Waals surface area contributed by atoms with Crippen LogP contribution in [0, 0.1) is 16.1 Å². The van der Waals surface area contributed by atoms with Gasteiger partial charge in [0, 0.05) is 11.6 Å². The van der Waals surface area contributed by atoms with E-state index in [0.717, 1.165) is 33.3 Å². The molecule has 4 heteroatoms. The van der Waals surface area contributed by atoms with Gasteiger partial charge in [-0.25, -0.2) is 0 Å². The highest BCUT2D eigenvalue weighted by Gasteiger charge is 2.45. The van der Waals surface area contributed by atoms with Crippen LogP contribution < -0.4 is 0 Å². The molecule has 0 spiro atoms. The van der Waals surface area contributed by atoms with E-state index in [1.807, 2.05) is 18.2 Å². The van der Waals surface area contributed by atoms with Crippen molar-refractivity contribution in [2.24, 2.45) is 11.3 Å². The molecule has 1 N–H and O–H groups in total. The largest absolute Gasteiger partial charge is 0.331 e. The van der Waals surface area contributed by atoms with E-state index in [0.29, 0.717) is 5.41 Å². The molecule has 1 aliphatic rings. The minimum atomic E-state index is 0.469. The van der Waals surface area contributed by atoms with E-state index >= 15 is 0 Å². The monoisotopic (exact) mass is 266 g/mol. The first-order valence-corrected chi connectivity index (χ1v) is 6.64. The molecular weight excluding hydrogens is 252 g/mol. The number of rotatable bonds is 2. The van der Waals surface area contributed by atoms with Crippen LogP contribution in [-0.2, 0) is 6.54 Å². The van der Waals surface area contributed by atoms with Crippen molar-refractivity contribution in [3.63, 3.8) is 0 Å². The molecule has 1 aliphatic carbocycles. The number of aromatic nitrogens is 2. The van der Waals surface area contributed by atoms with E-state index in [4.69, 9.17) is 23.8 Å². The van der Waals surface area contributed by atoms with Gasteiger partial charge in [-0.1, -0.05) is 25.4 Å². The minimum absolute atomic E-state index is 0.469. The van der Waals surface area contributed by atoms with Crippen LogP contribution in [0.4, 0.5) is 0 Å². The molecule has 90 valence electrons. The number of aromatic amines is 1. The van der Waals surface area contributed by atoms with Crippen molar-refractivity contribution in [2.45, 2.75) is 26.8 Å². The van der Waals surface area contributed by atoms with E-state index in [1.54, 1.807) is 0 Å². The molecule has 0 aliphatic heterocycles. The summed E-state index contributed by atoms with van der Waals surface area (Å²) in [4.78, 5) is 3.23. The van der Waals surface area contributed by atoms with Crippen molar-refractivity contribution in [3.05, 3.63) is 28.0 Å². The van der Waals surface area contributed by atoms with Crippen LogP contribution >= 0.6 is 23.8 Å². The van der Waals surface area contributed by atoms with Gasteiger partial charge in [-0.05, 0) is 48.2 Å². The molecule has 2 aromatic rings. The predicted molar refractivity (Wildman–Crippen MR) is 74.0 cm³/mol. The number of nitrogens with zero attached hydrogens (tertiary/aromatic N) is 1. The second kappa shape index (κ2) is 3.59. The van der Waals surface area contributed by atoms with Crippen molar-refractivity contribution >= 4 is 34.9 Å². The van der Waals surface area contributed by atoms with Crippen LogP contribution in [-0.4, -0.2) is 9.55 Å². The maximum absolute atomic E-state index is 6.05. The number of imidazole rings is 1. The molecule has 1 fully saturated rings. The molecule has 0 radical (unpaired) electrons. The van der Waals surface area contributed by atoms with Crippen molar-refractivity contribution in [1.29, 1.82) is 0 Å². The lowest BCUT2D eigenvalue weighted by molar-refractivity contribution is 0.502. The highest BCUT2D eigenvalue weighted by Crippen LogP contribution is 2.52. The molecule has 1 heterocycles. The number of hydrogen-bond donors (Lipinski definition) is 1. The lowest BCUT2D eigenvalue weighted by atomic mass is 10.1. The van der Waals surface area contributed by atoms with Crippen molar-refractivity contribution in [3.8, 4) is 0 Å². The molecule has 2 nitrogen and oxygen atoms in total. The fourth-order valence-electron chi connectivity index (χ4n) is 2.42. The molecule has 3 rings (SSSR count). The van der Waals surface area contributed by atoms with Crippen LogP contribution in [0.5, 0.6) is 0 Å². The molecule has 1 aromatic heterocycles. The predicted octanol–water partition coefficient (Wildman–Crippen LogP) is 4.40. The molecule has 0 amide bonds. The van der Waals surface area contributed by atoms with Gasteiger partial charge in [0.1, 0.15) is 0 Å². The fraction of sp³-hybridized carbons (Fsp3) is 0.462. The average molecular weight is 267 g/mol. The number of hydrogen-bond acceptors (Lipinski definition) is 1. The van der Waals surface area contributed by atoms with E-state index in [-0.39, 0.29) is 0 Å². The lowest BCUT2D eigenvalue weighted by Crippen LogP contribution is -2.03. The van der Waals surface area contributed by atoms with Crippen LogP contribution in [0.25, 0.3) is 11.0 Å². The lowest BCUT2D eigenvalue weighted by Gasteiger charge is -2.06. The first-order valence-electron chi connectivity index (χ1n) is 5.85. The van der Waals surface area contributed by atoms with Crippen molar-refractivity contribution < 1.29 is 0 Å². The van der Waals surface area contributed by atoms with Gasteiger partial charge in [0.25, 0.3) is 0 Å². The summed E-state index contributed by atoms with van der Waals surface area (Å²) in [5.41, 5.74) is 2.65. The number of fused-ring (bicyclic) bond motifs is 1. The van der Waals surface area contributed by atoms with E-state index in [9.17, 15) is 0 Å². The summed E-state index contributed by atoms with van der Waals surface area (Å²) in [6, 6.07) is 5.86. The van der Waals surface area contributed by atoms with Gasteiger partial charge in [-0.3, -0.25) is 0 Å². The molecule has 1 atom stereocenters. The average Bonchev–Trinajstić information content (AvgIpc) is 2.73. The Bertz CT molecular complexity index is 638. The second-order valence-corrected chi connectivity index (χ2v) is 6.41. The Morgan fingerprint density at radius 3 is 2.88 bits per heavy atom. The summed E-state index contributed by atoms with van der Waals surface area (Å²) in [5.74, 6) is 0.729. The third kappa shape index (κ3) is 1.91. The van der Waals surface area contributed by atoms with Crippen molar-refractivity contribution in [2.75, 3.05) is 0 Å². The topological polar surface area (TPSA) is 20.7 Å². The zero-order valence-corrected chi connectivity index (χ0v) is 11.5. The van der Waals surface area contributed by atoms with Gasteiger partial charge in [0.2, 0.25) is 0 Å². The maximum Gasteiger partial charge on any atom is 0.178 e. The van der Waals surface area contributed by atoms with Gasteiger partial charge in [0.05, 0.1) is 11.0 Å². The fourth-order valence-corrected chi connectivity index (χ4v) is 2.86. The molecule has 1 saturated carbocycles. The minimum Gasteiger partial charge on any atom is -0.331 e. The Kier molecular flexibility index (Phi) is 2.39. The maximum atomic E-state index is 6.05. The van der Waals surface area contributed by atoms with Gasteiger partial charge < -0.3 is 9.55 Å². The first kappa shape index (κ1) is 11.3. The summed E-state index contributed by atoms with van der Waals surface area (Å²) in [5, 5.41) is 0.760. The summed E-state index contributed by atoms with van der Waals surface area (Å²) >= 11 is 11.4. The Morgan fingerprint density at radius 2 is 2.24 bits per heavy atom. The van der Waals surface area contributed by atoms with Gasteiger partial charge in [-0.2, -0.15) is 0 Å². The number of benzene rings is 1. The Balaban J connectivity index is 2.06. The van der Waals surface area contributed by atoms with Crippen LogP contribution in [0.2, 0.25) is 5.02 Å². The molecule has 0 bridgehead atoms. The molecule has 17 heavy (non-hydrogen) atoms. The molecule has 1 aromatic carbocycles.